The summed E-state index contributed by atoms with van der Waals surface area (Å²) in [6.45, 7) is 0. The quantitative estimate of drug-likeness (QED) is 0.873. The maximum atomic E-state index is 12.6. The SMILES string of the molecule is O=C1c2ccccc2C(=O)N1c1cccc(C2(C(=O)O)CCCC2)c1. The summed E-state index contributed by atoms with van der Waals surface area (Å²) in [5.41, 5.74) is 0.926. The van der Waals surface area contributed by atoms with Gasteiger partial charge in [0, 0.05) is 0 Å². The number of aliphatic carboxylic acids is 1. The molecule has 2 amide bonds. The summed E-state index contributed by atoms with van der Waals surface area (Å²) in [5, 5.41) is 9.77. The molecule has 2 aliphatic rings. The summed E-state index contributed by atoms with van der Waals surface area (Å²) in [4.78, 5) is 38.3. The van der Waals surface area contributed by atoms with Gasteiger partial charge in [0.05, 0.1) is 22.2 Å². The Balaban J connectivity index is 1.78. The van der Waals surface area contributed by atoms with Crippen LogP contribution in [0.2, 0.25) is 0 Å². The number of benzene rings is 2. The lowest BCUT2D eigenvalue weighted by molar-refractivity contribution is -0.143. The van der Waals surface area contributed by atoms with E-state index in [1.165, 1.54) is 0 Å². The second-order valence-corrected chi connectivity index (χ2v) is 6.64. The standard InChI is InChI=1S/C20H17NO4/c22-17-15-8-1-2-9-16(15)18(23)21(17)14-7-5-6-13(12-14)20(19(24)25)10-3-4-11-20/h1-2,5-9,12H,3-4,10-11H2,(H,24,25). The number of anilines is 1. The highest BCUT2D eigenvalue weighted by Gasteiger charge is 2.44. The molecule has 0 unspecified atom stereocenters. The van der Waals surface area contributed by atoms with Crippen molar-refractivity contribution >= 4 is 23.5 Å². The molecule has 0 bridgehead atoms. The fourth-order valence-electron chi connectivity index (χ4n) is 3.97. The number of hydrogen-bond donors (Lipinski definition) is 1. The van der Waals surface area contributed by atoms with Crippen molar-refractivity contribution in [1.82, 2.24) is 0 Å². The van der Waals surface area contributed by atoms with Gasteiger partial charge >= 0.3 is 5.97 Å². The van der Waals surface area contributed by atoms with Crippen molar-refractivity contribution in [3.8, 4) is 0 Å². The minimum atomic E-state index is -0.922. The summed E-state index contributed by atoms with van der Waals surface area (Å²) in [6, 6.07) is 13.6. The molecule has 5 heteroatoms. The van der Waals surface area contributed by atoms with Gasteiger partial charge in [-0.1, -0.05) is 37.1 Å². The Morgan fingerprint density at radius 2 is 1.52 bits per heavy atom. The molecule has 2 aromatic carbocycles. The highest BCUT2D eigenvalue weighted by Crippen LogP contribution is 2.42. The Labute approximate surface area is 144 Å². The molecule has 0 radical (unpaired) electrons. The number of carboxylic acid groups (broad SMARTS) is 1. The maximum absolute atomic E-state index is 12.6. The molecular weight excluding hydrogens is 318 g/mol. The highest BCUT2D eigenvalue weighted by atomic mass is 16.4. The van der Waals surface area contributed by atoms with Crippen LogP contribution in [0.4, 0.5) is 5.69 Å². The third kappa shape index (κ3) is 2.19. The number of imide groups is 1. The predicted molar refractivity (Wildman–Crippen MR) is 91.8 cm³/mol. The second-order valence-electron chi connectivity index (χ2n) is 6.64. The molecule has 1 fully saturated rings. The van der Waals surface area contributed by atoms with Gasteiger partial charge in [0.25, 0.3) is 11.8 Å². The third-order valence-corrected chi connectivity index (χ3v) is 5.32. The fraction of sp³-hybridized carbons (Fsp3) is 0.250. The highest BCUT2D eigenvalue weighted by molar-refractivity contribution is 6.34. The van der Waals surface area contributed by atoms with E-state index in [9.17, 15) is 19.5 Å². The first kappa shape index (κ1) is 15.6. The first-order chi connectivity index (χ1) is 12.0. The molecular formula is C20H17NO4. The monoisotopic (exact) mass is 335 g/mol. The van der Waals surface area contributed by atoms with Crippen LogP contribution in [0.25, 0.3) is 0 Å². The van der Waals surface area contributed by atoms with E-state index in [2.05, 4.69) is 0 Å². The van der Waals surface area contributed by atoms with Crippen LogP contribution in [0.3, 0.4) is 0 Å². The van der Waals surface area contributed by atoms with Crippen LogP contribution >= 0.6 is 0 Å². The summed E-state index contributed by atoms with van der Waals surface area (Å²) in [6.07, 6.45) is 2.88. The van der Waals surface area contributed by atoms with E-state index in [1.807, 2.05) is 0 Å². The molecule has 0 atom stereocenters. The average molecular weight is 335 g/mol. The Bertz CT molecular complexity index is 861. The minimum Gasteiger partial charge on any atom is -0.481 e. The number of rotatable bonds is 3. The van der Waals surface area contributed by atoms with E-state index >= 15 is 0 Å². The van der Waals surface area contributed by atoms with Crippen LogP contribution < -0.4 is 4.90 Å². The van der Waals surface area contributed by atoms with Crippen molar-refractivity contribution < 1.29 is 19.5 Å². The molecule has 126 valence electrons. The van der Waals surface area contributed by atoms with Crippen molar-refractivity contribution in [2.45, 2.75) is 31.1 Å². The lowest BCUT2D eigenvalue weighted by Gasteiger charge is -2.26. The van der Waals surface area contributed by atoms with E-state index in [4.69, 9.17) is 0 Å². The largest absolute Gasteiger partial charge is 0.481 e. The summed E-state index contributed by atoms with van der Waals surface area (Å²) < 4.78 is 0. The molecule has 1 aliphatic carbocycles. The first-order valence-electron chi connectivity index (χ1n) is 8.36. The number of nitrogens with zero attached hydrogens (tertiary/aromatic N) is 1. The van der Waals surface area contributed by atoms with Gasteiger partial charge < -0.3 is 5.11 Å². The lowest BCUT2D eigenvalue weighted by Crippen LogP contribution is -2.34. The molecule has 1 saturated carbocycles. The van der Waals surface area contributed by atoms with Crippen LogP contribution in [-0.4, -0.2) is 22.9 Å². The molecule has 4 rings (SSSR count). The van der Waals surface area contributed by atoms with Crippen LogP contribution in [0.1, 0.15) is 52.0 Å². The van der Waals surface area contributed by atoms with Crippen LogP contribution in [-0.2, 0) is 10.2 Å². The van der Waals surface area contributed by atoms with Crippen molar-refractivity contribution in [3.63, 3.8) is 0 Å². The van der Waals surface area contributed by atoms with E-state index in [1.54, 1.807) is 48.5 Å². The van der Waals surface area contributed by atoms with E-state index in [-0.39, 0.29) is 11.8 Å². The molecule has 1 N–H and O–H groups in total. The van der Waals surface area contributed by atoms with Crippen molar-refractivity contribution in [2.24, 2.45) is 0 Å². The fourth-order valence-corrected chi connectivity index (χ4v) is 3.97. The molecule has 25 heavy (non-hydrogen) atoms. The predicted octanol–water partition coefficient (Wildman–Crippen LogP) is 3.38. The zero-order chi connectivity index (χ0) is 17.6. The van der Waals surface area contributed by atoms with Gasteiger partial charge in [0.2, 0.25) is 0 Å². The molecule has 0 spiro atoms. The summed E-state index contributed by atoms with van der Waals surface area (Å²) >= 11 is 0. The topological polar surface area (TPSA) is 74.7 Å². The number of carboxylic acids is 1. The summed E-state index contributed by atoms with van der Waals surface area (Å²) in [5.74, 6) is -1.58. The zero-order valence-corrected chi connectivity index (χ0v) is 13.6. The third-order valence-electron chi connectivity index (χ3n) is 5.32. The van der Waals surface area contributed by atoms with Crippen LogP contribution in [0.5, 0.6) is 0 Å². The lowest BCUT2D eigenvalue weighted by atomic mass is 9.79. The van der Waals surface area contributed by atoms with E-state index in [0.29, 0.717) is 35.2 Å². The van der Waals surface area contributed by atoms with Gasteiger partial charge in [-0.05, 0) is 42.7 Å². The van der Waals surface area contributed by atoms with Gasteiger partial charge in [-0.15, -0.1) is 0 Å². The van der Waals surface area contributed by atoms with Gasteiger partial charge in [-0.3, -0.25) is 14.4 Å². The first-order valence-corrected chi connectivity index (χ1v) is 8.36. The molecule has 1 heterocycles. The van der Waals surface area contributed by atoms with Gasteiger partial charge in [0.1, 0.15) is 0 Å². The molecule has 2 aromatic rings. The minimum absolute atomic E-state index is 0.367. The second kappa shape index (κ2) is 5.55. The van der Waals surface area contributed by atoms with E-state index in [0.717, 1.165) is 17.7 Å². The Morgan fingerprint density at radius 1 is 0.920 bits per heavy atom. The maximum Gasteiger partial charge on any atom is 0.314 e. The van der Waals surface area contributed by atoms with Crippen molar-refractivity contribution in [3.05, 3.63) is 65.2 Å². The molecule has 0 aromatic heterocycles. The average Bonchev–Trinajstić information content (AvgIpc) is 3.21. The zero-order valence-electron chi connectivity index (χ0n) is 13.6. The smallest absolute Gasteiger partial charge is 0.314 e. The summed E-state index contributed by atoms with van der Waals surface area (Å²) in [7, 11) is 0. The van der Waals surface area contributed by atoms with Gasteiger partial charge in [-0.25, -0.2) is 4.90 Å². The number of amides is 2. The normalized spacial score (nSPS) is 18.5. The van der Waals surface area contributed by atoms with Crippen molar-refractivity contribution in [2.75, 3.05) is 4.90 Å². The number of carbonyl (C=O) groups excluding carboxylic acids is 2. The molecule has 1 aliphatic heterocycles. The Hall–Kier alpha value is -2.95. The number of carbonyl (C=O) groups is 3. The Kier molecular flexibility index (Phi) is 3.46. The van der Waals surface area contributed by atoms with Crippen LogP contribution in [0, 0.1) is 0 Å². The van der Waals surface area contributed by atoms with Crippen molar-refractivity contribution in [1.29, 1.82) is 0 Å². The van der Waals surface area contributed by atoms with E-state index < -0.39 is 11.4 Å². The Morgan fingerprint density at radius 3 is 2.08 bits per heavy atom. The van der Waals surface area contributed by atoms with Gasteiger partial charge in [-0.2, -0.15) is 0 Å². The molecule has 5 nitrogen and oxygen atoms in total. The van der Waals surface area contributed by atoms with Gasteiger partial charge in [0.15, 0.2) is 0 Å². The molecule has 0 saturated heterocycles. The number of hydrogen-bond acceptors (Lipinski definition) is 3. The number of fused-ring (bicyclic) bond motifs is 1. The van der Waals surface area contributed by atoms with Crippen LogP contribution in [0.15, 0.2) is 48.5 Å².